The van der Waals surface area contributed by atoms with E-state index in [0.717, 1.165) is 28.1 Å². The first-order chi connectivity index (χ1) is 11.5. The van der Waals surface area contributed by atoms with Gasteiger partial charge in [-0.1, -0.05) is 35.9 Å². The highest BCUT2D eigenvalue weighted by atomic mass is 16.4. The molecule has 3 rings (SSSR count). The molecular formula is C20H20N2O2. The highest BCUT2D eigenvalue weighted by Crippen LogP contribution is 2.42. The summed E-state index contributed by atoms with van der Waals surface area (Å²) in [5, 5.41) is 13.0. The number of nitrogens with zero attached hydrogens (tertiary/aromatic N) is 1. The van der Waals surface area contributed by atoms with Gasteiger partial charge in [-0.2, -0.15) is 0 Å². The van der Waals surface area contributed by atoms with E-state index in [0.29, 0.717) is 11.3 Å². The Labute approximate surface area is 141 Å². The lowest BCUT2D eigenvalue weighted by Crippen LogP contribution is -2.27. The van der Waals surface area contributed by atoms with Gasteiger partial charge < -0.3 is 10.4 Å². The topological polar surface area (TPSA) is 62.2 Å². The van der Waals surface area contributed by atoms with Crippen molar-refractivity contribution in [3.63, 3.8) is 0 Å². The molecule has 0 saturated carbocycles. The third-order valence-electron chi connectivity index (χ3n) is 4.34. The Morgan fingerprint density at radius 1 is 1.04 bits per heavy atom. The second kappa shape index (κ2) is 6.32. The molecule has 4 nitrogen and oxygen atoms in total. The second-order valence-electron chi connectivity index (χ2n) is 6.07. The van der Waals surface area contributed by atoms with Crippen molar-refractivity contribution in [2.75, 3.05) is 0 Å². The van der Waals surface area contributed by atoms with Crippen molar-refractivity contribution < 1.29 is 9.90 Å². The van der Waals surface area contributed by atoms with Crippen LogP contribution in [-0.2, 0) is 4.79 Å². The summed E-state index contributed by atoms with van der Waals surface area (Å²) in [5.74, 6) is -1.26. The molecule has 2 aromatic rings. The van der Waals surface area contributed by atoms with Crippen LogP contribution in [0.3, 0.4) is 0 Å². The number of aromatic nitrogens is 1. The van der Waals surface area contributed by atoms with E-state index in [9.17, 15) is 9.90 Å². The Hall–Kier alpha value is -2.88. The van der Waals surface area contributed by atoms with Crippen molar-refractivity contribution >= 4 is 11.5 Å². The van der Waals surface area contributed by atoms with Crippen molar-refractivity contribution in [2.24, 2.45) is 0 Å². The Morgan fingerprint density at radius 2 is 1.75 bits per heavy atom. The molecule has 0 bridgehead atoms. The number of aryl methyl sites for hydroxylation is 1. The standard InChI is InChI=1S/C20H20N2O2/c1-12-7-9-15(10-8-12)19-17(16-6-4-5-11-21-16)13(2)22-14(3)18(19)20(23)24/h4-11,19,22H,1-3H3,(H,23,24). The van der Waals surface area contributed by atoms with Gasteiger partial charge in [0.25, 0.3) is 0 Å². The van der Waals surface area contributed by atoms with E-state index in [4.69, 9.17) is 0 Å². The van der Waals surface area contributed by atoms with Gasteiger partial charge in [0.2, 0.25) is 0 Å². The summed E-state index contributed by atoms with van der Waals surface area (Å²) in [5.41, 5.74) is 5.77. The van der Waals surface area contributed by atoms with E-state index in [2.05, 4.69) is 10.3 Å². The van der Waals surface area contributed by atoms with Crippen LogP contribution < -0.4 is 5.32 Å². The van der Waals surface area contributed by atoms with E-state index < -0.39 is 5.97 Å². The maximum absolute atomic E-state index is 12.0. The van der Waals surface area contributed by atoms with E-state index in [1.165, 1.54) is 0 Å². The van der Waals surface area contributed by atoms with Crippen molar-refractivity contribution in [3.8, 4) is 0 Å². The van der Waals surface area contributed by atoms with Gasteiger partial charge in [-0.05, 0) is 38.5 Å². The van der Waals surface area contributed by atoms with E-state index in [-0.39, 0.29) is 5.92 Å². The van der Waals surface area contributed by atoms with Crippen molar-refractivity contribution in [1.29, 1.82) is 0 Å². The number of aliphatic carboxylic acids is 1. The normalized spacial score (nSPS) is 17.7. The predicted molar refractivity (Wildman–Crippen MR) is 94.2 cm³/mol. The van der Waals surface area contributed by atoms with Gasteiger partial charge in [0, 0.05) is 29.1 Å². The van der Waals surface area contributed by atoms with Crippen LogP contribution in [0.25, 0.3) is 5.57 Å². The van der Waals surface area contributed by atoms with Gasteiger partial charge in [-0.15, -0.1) is 0 Å². The minimum absolute atomic E-state index is 0.348. The first-order valence-corrected chi connectivity index (χ1v) is 7.89. The molecule has 122 valence electrons. The average Bonchev–Trinajstić information content (AvgIpc) is 2.55. The van der Waals surface area contributed by atoms with Crippen molar-refractivity contribution in [1.82, 2.24) is 10.3 Å². The predicted octanol–water partition coefficient (Wildman–Crippen LogP) is 3.87. The van der Waals surface area contributed by atoms with Crippen LogP contribution >= 0.6 is 0 Å². The molecule has 1 atom stereocenters. The van der Waals surface area contributed by atoms with Gasteiger partial charge in [-0.25, -0.2) is 4.79 Å². The highest BCUT2D eigenvalue weighted by molar-refractivity contribution is 5.96. The molecule has 2 N–H and O–H groups in total. The summed E-state index contributed by atoms with van der Waals surface area (Å²) in [7, 11) is 0. The number of carboxylic acid groups (broad SMARTS) is 1. The molecule has 0 aliphatic carbocycles. The molecule has 1 aromatic carbocycles. The van der Waals surface area contributed by atoms with Gasteiger partial charge >= 0.3 is 5.97 Å². The average molecular weight is 320 g/mol. The summed E-state index contributed by atoms with van der Waals surface area (Å²) in [6.07, 6.45) is 1.73. The maximum atomic E-state index is 12.0. The van der Waals surface area contributed by atoms with Gasteiger partial charge in [0.05, 0.1) is 11.3 Å². The molecule has 1 aromatic heterocycles. The zero-order chi connectivity index (χ0) is 17.3. The first-order valence-electron chi connectivity index (χ1n) is 7.89. The van der Waals surface area contributed by atoms with Crippen molar-refractivity contribution in [2.45, 2.75) is 26.7 Å². The lowest BCUT2D eigenvalue weighted by Gasteiger charge is -2.30. The second-order valence-corrected chi connectivity index (χ2v) is 6.07. The lowest BCUT2D eigenvalue weighted by molar-refractivity contribution is -0.132. The molecule has 0 saturated heterocycles. The smallest absolute Gasteiger partial charge is 0.334 e. The number of hydrogen-bond acceptors (Lipinski definition) is 3. The lowest BCUT2D eigenvalue weighted by atomic mass is 9.79. The number of dihydropyridines is 1. The van der Waals surface area contributed by atoms with Crippen LogP contribution in [0.5, 0.6) is 0 Å². The Kier molecular flexibility index (Phi) is 4.21. The number of rotatable bonds is 3. The van der Waals surface area contributed by atoms with Gasteiger partial charge in [0.1, 0.15) is 0 Å². The molecule has 0 fully saturated rings. The molecule has 4 heteroatoms. The SMILES string of the molecule is CC1=C(C(=O)O)C(c2ccc(C)cc2)C(c2ccccn2)=C(C)N1. The minimum Gasteiger partial charge on any atom is -0.478 e. The molecule has 24 heavy (non-hydrogen) atoms. The third-order valence-corrected chi connectivity index (χ3v) is 4.34. The third kappa shape index (κ3) is 2.83. The first kappa shape index (κ1) is 16.0. The fourth-order valence-electron chi connectivity index (χ4n) is 3.23. The van der Waals surface area contributed by atoms with Crippen LogP contribution in [0.4, 0.5) is 0 Å². The van der Waals surface area contributed by atoms with E-state index in [1.807, 2.05) is 63.2 Å². The van der Waals surface area contributed by atoms with Crippen molar-refractivity contribution in [3.05, 3.63) is 82.4 Å². The molecule has 0 radical (unpaired) electrons. The minimum atomic E-state index is -0.911. The largest absolute Gasteiger partial charge is 0.478 e. The fraction of sp³-hybridized carbons (Fsp3) is 0.200. The van der Waals surface area contributed by atoms with Crippen LogP contribution in [-0.4, -0.2) is 16.1 Å². The number of nitrogens with one attached hydrogen (secondary N) is 1. The molecule has 1 aliphatic rings. The number of carboxylic acids is 1. The summed E-state index contributed by atoms with van der Waals surface area (Å²) in [6.45, 7) is 5.79. The number of pyridine rings is 1. The number of hydrogen-bond donors (Lipinski definition) is 2. The van der Waals surface area contributed by atoms with Crippen LogP contribution in [0.1, 0.15) is 36.6 Å². The fourth-order valence-corrected chi connectivity index (χ4v) is 3.23. The molecule has 1 aliphatic heterocycles. The molecular weight excluding hydrogens is 300 g/mol. The van der Waals surface area contributed by atoms with Gasteiger partial charge in [0.15, 0.2) is 0 Å². The Balaban J connectivity index is 2.23. The molecule has 1 unspecified atom stereocenters. The highest BCUT2D eigenvalue weighted by Gasteiger charge is 2.34. The van der Waals surface area contributed by atoms with E-state index in [1.54, 1.807) is 6.20 Å². The maximum Gasteiger partial charge on any atom is 0.334 e. The van der Waals surface area contributed by atoms with E-state index >= 15 is 0 Å². The zero-order valence-corrected chi connectivity index (χ0v) is 14.0. The number of carbonyl (C=O) groups is 1. The summed E-state index contributed by atoms with van der Waals surface area (Å²) in [4.78, 5) is 16.4. The van der Waals surface area contributed by atoms with Crippen LogP contribution in [0.2, 0.25) is 0 Å². The quantitative estimate of drug-likeness (QED) is 0.901. The molecule has 0 spiro atoms. The summed E-state index contributed by atoms with van der Waals surface area (Å²) >= 11 is 0. The number of benzene rings is 1. The molecule has 0 amide bonds. The van der Waals surface area contributed by atoms with Crippen LogP contribution in [0.15, 0.2) is 65.6 Å². The monoisotopic (exact) mass is 320 g/mol. The molecule has 2 heterocycles. The summed E-state index contributed by atoms with van der Waals surface area (Å²) in [6, 6.07) is 13.7. The zero-order valence-electron chi connectivity index (χ0n) is 14.0. The van der Waals surface area contributed by atoms with Crippen LogP contribution in [0, 0.1) is 6.92 Å². The summed E-state index contributed by atoms with van der Waals surface area (Å²) < 4.78 is 0. The number of allylic oxidation sites excluding steroid dienone is 3. The Morgan fingerprint density at radius 3 is 2.33 bits per heavy atom. The Bertz CT molecular complexity index is 834. The van der Waals surface area contributed by atoms with Gasteiger partial charge in [-0.3, -0.25) is 4.98 Å².